The zero-order valence-corrected chi connectivity index (χ0v) is 12.7. The number of hydrogen-bond acceptors (Lipinski definition) is 3. The number of benzene rings is 1. The summed E-state index contributed by atoms with van der Waals surface area (Å²) in [6.45, 7) is 10.1. The first-order chi connectivity index (χ1) is 9.68. The Morgan fingerprint density at radius 1 is 1.30 bits per heavy atom. The van der Waals surface area contributed by atoms with Gasteiger partial charge in [-0.15, -0.1) is 0 Å². The molecule has 0 bridgehead atoms. The second kappa shape index (κ2) is 5.65. The third-order valence-electron chi connectivity index (χ3n) is 4.88. The highest BCUT2D eigenvalue weighted by molar-refractivity contribution is 5.57. The Hall–Kier alpha value is -1.22. The standard InChI is InChI=1S/C17H26N2O/c1-3-19-10-7-17(2,8-11-19)13-20-15-4-5-16-14(12-15)6-9-18-16/h4-5,12,18H,3,6-11,13H2,1-2H3. The van der Waals surface area contributed by atoms with Crippen molar-refractivity contribution in [3.63, 3.8) is 0 Å². The van der Waals surface area contributed by atoms with E-state index in [0.29, 0.717) is 5.41 Å². The van der Waals surface area contributed by atoms with Crippen molar-refractivity contribution in [3.05, 3.63) is 23.8 Å². The Bertz CT molecular complexity index is 464. The number of hydrogen-bond donors (Lipinski definition) is 1. The van der Waals surface area contributed by atoms with Gasteiger partial charge >= 0.3 is 0 Å². The van der Waals surface area contributed by atoms with Crippen LogP contribution >= 0.6 is 0 Å². The minimum Gasteiger partial charge on any atom is -0.493 e. The average molecular weight is 274 g/mol. The Kier molecular flexibility index (Phi) is 3.88. The predicted octanol–water partition coefficient (Wildman–Crippen LogP) is 3.16. The average Bonchev–Trinajstić information content (AvgIpc) is 2.94. The lowest BCUT2D eigenvalue weighted by Gasteiger charge is -2.38. The number of likely N-dealkylation sites (tertiary alicyclic amines) is 1. The number of fused-ring (bicyclic) bond motifs is 1. The van der Waals surface area contributed by atoms with Crippen molar-refractivity contribution in [3.8, 4) is 5.75 Å². The van der Waals surface area contributed by atoms with Crippen molar-refractivity contribution in [2.24, 2.45) is 5.41 Å². The lowest BCUT2D eigenvalue weighted by molar-refractivity contribution is 0.0715. The highest BCUT2D eigenvalue weighted by Gasteiger charge is 2.30. The molecule has 0 radical (unpaired) electrons. The van der Waals surface area contributed by atoms with Gasteiger partial charge in [-0.05, 0) is 62.7 Å². The van der Waals surface area contributed by atoms with E-state index in [1.807, 2.05) is 0 Å². The largest absolute Gasteiger partial charge is 0.493 e. The first-order valence-corrected chi connectivity index (χ1v) is 7.90. The van der Waals surface area contributed by atoms with E-state index in [-0.39, 0.29) is 0 Å². The molecule has 3 heteroatoms. The maximum atomic E-state index is 6.10. The minimum atomic E-state index is 0.336. The van der Waals surface area contributed by atoms with Gasteiger partial charge in [0.15, 0.2) is 0 Å². The number of ether oxygens (including phenoxy) is 1. The quantitative estimate of drug-likeness (QED) is 0.913. The van der Waals surface area contributed by atoms with Gasteiger partial charge in [0.25, 0.3) is 0 Å². The fraction of sp³-hybridized carbons (Fsp3) is 0.647. The highest BCUT2D eigenvalue weighted by atomic mass is 16.5. The van der Waals surface area contributed by atoms with Gasteiger partial charge in [0.05, 0.1) is 6.61 Å². The summed E-state index contributed by atoms with van der Waals surface area (Å²) in [6, 6.07) is 6.46. The molecule has 1 aromatic carbocycles. The second-order valence-electron chi connectivity index (χ2n) is 6.53. The Morgan fingerprint density at radius 2 is 2.10 bits per heavy atom. The van der Waals surface area contributed by atoms with Gasteiger partial charge in [-0.2, -0.15) is 0 Å². The fourth-order valence-corrected chi connectivity index (χ4v) is 3.18. The third kappa shape index (κ3) is 2.93. The number of anilines is 1. The summed E-state index contributed by atoms with van der Waals surface area (Å²) in [5.74, 6) is 1.03. The Morgan fingerprint density at radius 3 is 2.85 bits per heavy atom. The van der Waals surface area contributed by atoms with Crippen LogP contribution in [0.5, 0.6) is 5.75 Å². The number of rotatable bonds is 4. The molecule has 0 saturated carbocycles. The van der Waals surface area contributed by atoms with Crippen molar-refractivity contribution in [1.82, 2.24) is 4.90 Å². The SMILES string of the molecule is CCN1CCC(C)(COc2ccc3c(c2)CCN3)CC1. The van der Waals surface area contributed by atoms with E-state index in [9.17, 15) is 0 Å². The first-order valence-electron chi connectivity index (χ1n) is 7.90. The zero-order valence-electron chi connectivity index (χ0n) is 12.7. The molecule has 0 amide bonds. The van der Waals surface area contributed by atoms with E-state index in [2.05, 4.69) is 42.3 Å². The maximum Gasteiger partial charge on any atom is 0.119 e. The molecule has 3 nitrogen and oxygen atoms in total. The van der Waals surface area contributed by atoms with Gasteiger partial charge in [0, 0.05) is 17.6 Å². The summed E-state index contributed by atoms with van der Waals surface area (Å²) in [5.41, 5.74) is 3.01. The van der Waals surface area contributed by atoms with Gasteiger partial charge in [-0.25, -0.2) is 0 Å². The van der Waals surface area contributed by atoms with Crippen LogP contribution in [0, 0.1) is 5.41 Å². The van der Waals surface area contributed by atoms with E-state index in [1.165, 1.54) is 43.7 Å². The first kappa shape index (κ1) is 13.7. The molecule has 0 atom stereocenters. The summed E-state index contributed by atoms with van der Waals surface area (Å²) in [5, 5.41) is 3.39. The van der Waals surface area contributed by atoms with E-state index in [1.54, 1.807) is 0 Å². The van der Waals surface area contributed by atoms with Crippen molar-refractivity contribution in [2.45, 2.75) is 33.1 Å². The van der Waals surface area contributed by atoms with Crippen molar-refractivity contribution in [1.29, 1.82) is 0 Å². The molecule has 0 aliphatic carbocycles. The summed E-state index contributed by atoms with van der Waals surface area (Å²) in [4.78, 5) is 2.53. The molecule has 1 fully saturated rings. The molecule has 0 aromatic heterocycles. The summed E-state index contributed by atoms with van der Waals surface area (Å²) >= 11 is 0. The summed E-state index contributed by atoms with van der Waals surface area (Å²) in [6.07, 6.45) is 3.61. The molecule has 2 heterocycles. The third-order valence-corrected chi connectivity index (χ3v) is 4.88. The van der Waals surface area contributed by atoms with Gasteiger partial charge in [-0.1, -0.05) is 13.8 Å². The smallest absolute Gasteiger partial charge is 0.119 e. The van der Waals surface area contributed by atoms with E-state index >= 15 is 0 Å². The van der Waals surface area contributed by atoms with Crippen LogP contribution in [0.2, 0.25) is 0 Å². The van der Waals surface area contributed by atoms with Crippen LogP contribution in [0.4, 0.5) is 5.69 Å². The molecule has 0 unspecified atom stereocenters. The molecule has 2 aliphatic rings. The highest BCUT2D eigenvalue weighted by Crippen LogP contribution is 2.33. The Balaban J connectivity index is 1.56. The lowest BCUT2D eigenvalue weighted by Crippen LogP contribution is -2.41. The Labute approximate surface area is 122 Å². The van der Waals surface area contributed by atoms with Crippen LogP contribution in [0.25, 0.3) is 0 Å². The van der Waals surface area contributed by atoms with Crippen LogP contribution in [-0.4, -0.2) is 37.7 Å². The molecule has 1 N–H and O–H groups in total. The molecule has 3 rings (SSSR count). The van der Waals surface area contributed by atoms with Crippen LogP contribution < -0.4 is 10.1 Å². The van der Waals surface area contributed by atoms with Gasteiger partial charge in [0.1, 0.15) is 5.75 Å². The molecule has 1 aromatic rings. The lowest BCUT2D eigenvalue weighted by atomic mass is 9.81. The van der Waals surface area contributed by atoms with Gasteiger partial charge in [-0.3, -0.25) is 0 Å². The molecule has 2 aliphatic heterocycles. The molecule has 1 saturated heterocycles. The topological polar surface area (TPSA) is 24.5 Å². The number of piperidine rings is 1. The van der Waals surface area contributed by atoms with Gasteiger partial charge in [0.2, 0.25) is 0 Å². The molecule has 20 heavy (non-hydrogen) atoms. The zero-order chi connectivity index (χ0) is 14.0. The molecule has 0 spiro atoms. The predicted molar refractivity (Wildman–Crippen MR) is 83.6 cm³/mol. The number of nitrogens with one attached hydrogen (secondary N) is 1. The van der Waals surface area contributed by atoms with Gasteiger partial charge < -0.3 is 15.0 Å². The summed E-state index contributed by atoms with van der Waals surface area (Å²) < 4.78 is 6.10. The van der Waals surface area contributed by atoms with Crippen LogP contribution in [-0.2, 0) is 6.42 Å². The maximum absolute atomic E-state index is 6.10. The van der Waals surface area contributed by atoms with Crippen LogP contribution in [0.1, 0.15) is 32.3 Å². The van der Waals surface area contributed by atoms with Crippen LogP contribution in [0.3, 0.4) is 0 Å². The second-order valence-corrected chi connectivity index (χ2v) is 6.53. The monoisotopic (exact) mass is 274 g/mol. The molecular weight excluding hydrogens is 248 g/mol. The van der Waals surface area contributed by atoms with Crippen LogP contribution in [0.15, 0.2) is 18.2 Å². The molecule has 110 valence electrons. The molecular formula is C17H26N2O. The van der Waals surface area contributed by atoms with Crippen molar-refractivity contribution >= 4 is 5.69 Å². The van der Waals surface area contributed by atoms with Crippen molar-refractivity contribution < 1.29 is 4.74 Å². The normalized spacial score (nSPS) is 21.3. The van der Waals surface area contributed by atoms with Crippen molar-refractivity contribution in [2.75, 3.05) is 38.1 Å². The van der Waals surface area contributed by atoms with E-state index in [0.717, 1.165) is 25.3 Å². The summed E-state index contributed by atoms with van der Waals surface area (Å²) in [7, 11) is 0. The van der Waals surface area contributed by atoms with E-state index in [4.69, 9.17) is 4.74 Å². The fourth-order valence-electron chi connectivity index (χ4n) is 3.18. The van der Waals surface area contributed by atoms with E-state index < -0.39 is 0 Å². The number of nitrogens with zero attached hydrogens (tertiary/aromatic N) is 1. The minimum absolute atomic E-state index is 0.336.